The number of hydrogen-bond acceptors (Lipinski definition) is 4. The third kappa shape index (κ3) is 2.65. The van der Waals surface area contributed by atoms with Gasteiger partial charge in [-0.3, -0.25) is 0 Å². The SMILES string of the molecule is Cc1ccccc1Nc1nc(-c2ccc(N)cc2)cs1. The number of para-hydroxylation sites is 1. The number of aromatic nitrogens is 1. The van der Waals surface area contributed by atoms with E-state index in [2.05, 4.69) is 29.4 Å². The second-order valence-electron chi connectivity index (χ2n) is 4.60. The molecule has 0 aliphatic heterocycles. The Hall–Kier alpha value is -2.33. The Morgan fingerprint density at radius 3 is 2.55 bits per heavy atom. The summed E-state index contributed by atoms with van der Waals surface area (Å²) in [6.45, 7) is 2.08. The first-order valence-electron chi connectivity index (χ1n) is 6.36. The van der Waals surface area contributed by atoms with Crippen LogP contribution in [0, 0.1) is 6.92 Å². The van der Waals surface area contributed by atoms with Crippen LogP contribution in [0.3, 0.4) is 0 Å². The van der Waals surface area contributed by atoms with Crippen LogP contribution in [0.25, 0.3) is 11.3 Å². The number of rotatable bonds is 3. The van der Waals surface area contributed by atoms with Gasteiger partial charge in [0.25, 0.3) is 0 Å². The van der Waals surface area contributed by atoms with E-state index in [1.807, 2.05) is 41.8 Å². The maximum Gasteiger partial charge on any atom is 0.187 e. The van der Waals surface area contributed by atoms with Crippen molar-refractivity contribution in [2.45, 2.75) is 6.92 Å². The highest BCUT2D eigenvalue weighted by molar-refractivity contribution is 7.14. The average Bonchev–Trinajstić information content (AvgIpc) is 2.91. The van der Waals surface area contributed by atoms with Crippen LogP contribution in [0.4, 0.5) is 16.5 Å². The van der Waals surface area contributed by atoms with Crippen LogP contribution in [0.5, 0.6) is 0 Å². The van der Waals surface area contributed by atoms with Crippen molar-refractivity contribution in [1.29, 1.82) is 0 Å². The van der Waals surface area contributed by atoms with Crippen molar-refractivity contribution in [3.8, 4) is 11.3 Å². The predicted octanol–water partition coefficient (Wildman–Crippen LogP) is 4.44. The molecule has 100 valence electrons. The first-order chi connectivity index (χ1) is 9.72. The number of nitrogen functional groups attached to an aromatic ring is 1. The molecule has 0 amide bonds. The number of hydrogen-bond donors (Lipinski definition) is 2. The molecule has 0 saturated heterocycles. The summed E-state index contributed by atoms with van der Waals surface area (Å²) in [4.78, 5) is 4.61. The number of nitrogens with zero attached hydrogens (tertiary/aromatic N) is 1. The Bertz CT molecular complexity index is 717. The predicted molar refractivity (Wildman–Crippen MR) is 86.4 cm³/mol. The van der Waals surface area contributed by atoms with Crippen molar-refractivity contribution in [1.82, 2.24) is 4.98 Å². The molecule has 20 heavy (non-hydrogen) atoms. The molecule has 0 unspecified atom stereocenters. The van der Waals surface area contributed by atoms with E-state index in [-0.39, 0.29) is 0 Å². The summed E-state index contributed by atoms with van der Waals surface area (Å²) in [6, 6.07) is 15.9. The Kier molecular flexibility index (Phi) is 3.39. The van der Waals surface area contributed by atoms with Crippen LogP contribution in [0.2, 0.25) is 0 Å². The molecule has 0 fully saturated rings. The molecule has 0 aliphatic rings. The molecule has 4 heteroatoms. The van der Waals surface area contributed by atoms with Gasteiger partial charge in [-0.15, -0.1) is 11.3 Å². The van der Waals surface area contributed by atoms with Crippen molar-refractivity contribution in [3.05, 3.63) is 59.5 Å². The molecule has 2 aromatic carbocycles. The largest absolute Gasteiger partial charge is 0.399 e. The number of nitrogens with one attached hydrogen (secondary N) is 1. The molecule has 3 aromatic rings. The molecule has 0 saturated carbocycles. The summed E-state index contributed by atoms with van der Waals surface area (Å²) in [5.41, 5.74) is 10.8. The smallest absolute Gasteiger partial charge is 0.187 e. The van der Waals surface area contributed by atoms with E-state index in [9.17, 15) is 0 Å². The van der Waals surface area contributed by atoms with Crippen molar-refractivity contribution in [2.75, 3.05) is 11.1 Å². The van der Waals surface area contributed by atoms with Gasteiger partial charge in [0, 0.05) is 22.3 Å². The molecule has 0 atom stereocenters. The number of thiazole rings is 1. The van der Waals surface area contributed by atoms with Crippen LogP contribution >= 0.6 is 11.3 Å². The first kappa shape index (κ1) is 12.7. The van der Waals surface area contributed by atoms with Crippen molar-refractivity contribution < 1.29 is 0 Å². The van der Waals surface area contributed by atoms with Gasteiger partial charge < -0.3 is 11.1 Å². The topological polar surface area (TPSA) is 50.9 Å². The van der Waals surface area contributed by atoms with Crippen LogP contribution in [0.15, 0.2) is 53.9 Å². The number of anilines is 3. The lowest BCUT2D eigenvalue weighted by atomic mass is 10.1. The van der Waals surface area contributed by atoms with Gasteiger partial charge in [-0.25, -0.2) is 4.98 Å². The molecule has 1 aromatic heterocycles. The molecule has 3 N–H and O–H groups in total. The van der Waals surface area contributed by atoms with Gasteiger partial charge in [0.05, 0.1) is 5.69 Å². The Balaban J connectivity index is 1.84. The van der Waals surface area contributed by atoms with E-state index in [1.54, 1.807) is 11.3 Å². The maximum atomic E-state index is 5.70. The molecule has 0 radical (unpaired) electrons. The number of aryl methyl sites for hydroxylation is 1. The summed E-state index contributed by atoms with van der Waals surface area (Å²) in [7, 11) is 0. The monoisotopic (exact) mass is 281 g/mol. The zero-order valence-electron chi connectivity index (χ0n) is 11.1. The quantitative estimate of drug-likeness (QED) is 0.698. The van der Waals surface area contributed by atoms with Gasteiger partial charge in [-0.2, -0.15) is 0 Å². The summed E-state index contributed by atoms with van der Waals surface area (Å²) in [5.74, 6) is 0. The zero-order chi connectivity index (χ0) is 13.9. The number of nitrogens with two attached hydrogens (primary N) is 1. The molecular weight excluding hydrogens is 266 g/mol. The molecular formula is C16H15N3S. The first-order valence-corrected chi connectivity index (χ1v) is 7.24. The van der Waals surface area contributed by atoms with Gasteiger partial charge in [-0.1, -0.05) is 30.3 Å². The molecule has 1 heterocycles. The van der Waals surface area contributed by atoms with E-state index >= 15 is 0 Å². The van der Waals surface area contributed by atoms with Crippen LogP contribution in [0.1, 0.15) is 5.56 Å². The van der Waals surface area contributed by atoms with Gasteiger partial charge in [0.15, 0.2) is 5.13 Å². The molecule has 0 bridgehead atoms. The van der Waals surface area contributed by atoms with Gasteiger partial charge in [0.1, 0.15) is 0 Å². The summed E-state index contributed by atoms with van der Waals surface area (Å²) >= 11 is 1.60. The lowest BCUT2D eigenvalue weighted by Gasteiger charge is -2.05. The average molecular weight is 281 g/mol. The van der Waals surface area contributed by atoms with Gasteiger partial charge >= 0.3 is 0 Å². The number of benzene rings is 2. The highest BCUT2D eigenvalue weighted by atomic mass is 32.1. The third-order valence-corrected chi connectivity index (χ3v) is 3.86. The van der Waals surface area contributed by atoms with Crippen molar-refractivity contribution >= 4 is 27.8 Å². The minimum atomic E-state index is 0.766. The maximum absolute atomic E-state index is 5.70. The molecule has 0 aliphatic carbocycles. The second-order valence-corrected chi connectivity index (χ2v) is 5.46. The third-order valence-electron chi connectivity index (χ3n) is 3.10. The standard InChI is InChI=1S/C16H15N3S/c1-11-4-2-3-5-14(11)18-16-19-15(10-20-16)12-6-8-13(17)9-7-12/h2-10H,17H2,1H3,(H,18,19). The fourth-order valence-corrected chi connectivity index (χ4v) is 2.68. The van der Waals surface area contributed by atoms with Crippen LogP contribution < -0.4 is 11.1 Å². The molecule has 0 spiro atoms. The Morgan fingerprint density at radius 1 is 1.05 bits per heavy atom. The summed E-state index contributed by atoms with van der Waals surface area (Å²) in [5, 5.41) is 6.30. The summed E-state index contributed by atoms with van der Waals surface area (Å²) in [6.07, 6.45) is 0. The highest BCUT2D eigenvalue weighted by Crippen LogP contribution is 2.28. The second kappa shape index (κ2) is 5.35. The summed E-state index contributed by atoms with van der Waals surface area (Å²) < 4.78 is 0. The minimum absolute atomic E-state index is 0.766. The Morgan fingerprint density at radius 2 is 1.80 bits per heavy atom. The molecule has 3 rings (SSSR count). The highest BCUT2D eigenvalue weighted by Gasteiger charge is 2.05. The van der Waals surface area contributed by atoms with E-state index in [1.165, 1.54) is 5.56 Å². The molecule has 3 nitrogen and oxygen atoms in total. The van der Waals surface area contributed by atoms with Gasteiger partial charge in [0.2, 0.25) is 0 Å². The fourth-order valence-electron chi connectivity index (χ4n) is 1.95. The lowest BCUT2D eigenvalue weighted by molar-refractivity contribution is 1.36. The van der Waals surface area contributed by atoms with Crippen molar-refractivity contribution in [3.63, 3.8) is 0 Å². The Labute approximate surface area is 122 Å². The van der Waals surface area contributed by atoms with Gasteiger partial charge in [-0.05, 0) is 30.7 Å². The van der Waals surface area contributed by atoms with Crippen LogP contribution in [-0.2, 0) is 0 Å². The zero-order valence-corrected chi connectivity index (χ0v) is 11.9. The van der Waals surface area contributed by atoms with E-state index in [4.69, 9.17) is 5.73 Å². The van der Waals surface area contributed by atoms with E-state index in [0.717, 1.165) is 27.8 Å². The van der Waals surface area contributed by atoms with E-state index in [0.29, 0.717) is 0 Å². The normalized spacial score (nSPS) is 10.4. The lowest BCUT2D eigenvalue weighted by Crippen LogP contribution is -1.92. The van der Waals surface area contributed by atoms with Crippen molar-refractivity contribution in [2.24, 2.45) is 0 Å². The van der Waals surface area contributed by atoms with E-state index < -0.39 is 0 Å². The fraction of sp³-hybridized carbons (Fsp3) is 0.0625. The minimum Gasteiger partial charge on any atom is -0.399 e. The van der Waals surface area contributed by atoms with Crippen LogP contribution in [-0.4, -0.2) is 4.98 Å².